The number of nitrogens with one attached hydrogen (secondary N) is 2. The third-order valence-corrected chi connectivity index (χ3v) is 4.56. The minimum atomic E-state index is -0.132. The van der Waals surface area contributed by atoms with E-state index in [9.17, 15) is 14.7 Å². The number of hydrogen-bond donors (Lipinski definition) is 3. The van der Waals surface area contributed by atoms with Gasteiger partial charge in [0.1, 0.15) is 0 Å². The van der Waals surface area contributed by atoms with E-state index in [1.54, 1.807) is 0 Å². The summed E-state index contributed by atoms with van der Waals surface area (Å²) in [6.45, 7) is 2.55. The van der Waals surface area contributed by atoms with E-state index in [1.807, 2.05) is 6.92 Å². The van der Waals surface area contributed by atoms with Gasteiger partial charge >= 0.3 is 0 Å². The highest BCUT2D eigenvalue weighted by atomic mass is 16.3. The molecule has 0 saturated heterocycles. The minimum absolute atomic E-state index is 0.0519. The zero-order valence-corrected chi connectivity index (χ0v) is 12.3. The lowest BCUT2D eigenvalue weighted by atomic mass is 10.1. The molecule has 2 amide bonds. The summed E-state index contributed by atoms with van der Waals surface area (Å²) >= 11 is 0. The number of hydrogen-bond acceptors (Lipinski definition) is 3. The molecule has 1 atom stereocenters. The Kier molecular flexibility index (Phi) is 5.02. The molecule has 0 aromatic heterocycles. The number of aliphatic hydroxyl groups is 1. The molecule has 0 aliphatic heterocycles. The fourth-order valence-electron chi connectivity index (χ4n) is 2.80. The van der Waals surface area contributed by atoms with Crippen LogP contribution in [0, 0.1) is 11.3 Å². The smallest absolute Gasteiger partial charge is 0.223 e. The van der Waals surface area contributed by atoms with Crippen LogP contribution in [0.2, 0.25) is 0 Å². The quantitative estimate of drug-likeness (QED) is 0.651. The molecule has 2 saturated carbocycles. The largest absolute Gasteiger partial charge is 0.396 e. The van der Waals surface area contributed by atoms with Crippen LogP contribution in [0.5, 0.6) is 0 Å². The molecule has 1 unspecified atom stereocenters. The summed E-state index contributed by atoms with van der Waals surface area (Å²) in [6, 6.07) is -0.132. The molecular weight excluding hydrogens is 256 g/mol. The van der Waals surface area contributed by atoms with Crippen LogP contribution in [0.3, 0.4) is 0 Å². The number of carbonyl (C=O) groups is 2. The summed E-state index contributed by atoms with van der Waals surface area (Å²) in [5.74, 6) is 0.186. The van der Waals surface area contributed by atoms with Crippen molar-refractivity contribution >= 4 is 11.8 Å². The molecule has 2 rings (SSSR count). The van der Waals surface area contributed by atoms with Gasteiger partial charge in [-0.1, -0.05) is 12.8 Å². The monoisotopic (exact) mass is 282 g/mol. The molecule has 3 N–H and O–H groups in total. The lowest BCUT2D eigenvalue weighted by Gasteiger charge is -2.18. The maximum Gasteiger partial charge on any atom is 0.223 e. The fourth-order valence-corrected chi connectivity index (χ4v) is 2.80. The van der Waals surface area contributed by atoms with Crippen molar-refractivity contribution in [1.82, 2.24) is 10.6 Å². The first kappa shape index (κ1) is 15.3. The van der Waals surface area contributed by atoms with Crippen molar-refractivity contribution in [2.24, 2.45) is 11.3 Å². The first-order chi connectivity index (χ1) is 9.54. The average molecular weight is 282 g/mol. The highest BCUT2D eigenvalue weighted by Crippen LogP contribution is 2.44. The number of amides is 2. The average Bonchev–Trinajstić information content (AvgIpc) is 2.98. The van der Waals surface area contributed by atoms with E-state index in [2.05, 4.69) is 10.6 Å². The topological polar surface area (TPSA) is 78.4 Å². The molecule has 0 bridgehead atoms. The van der Waals surface area contributed by atoms with Crippen molar-refractivity contribution in [3.63, 3.8) is 0 Å². The van der Waals surface area contributed by atoms with Crippen molar-refractivity contribution in [1.29, 1.82) is 0 Å². The summed E-state index contributed by atoms with van der Waals surface area (Å²) in [5, 5.41) is 15.0. The van der Waals surface area contributed by atoms with Gasteiger partial charge < -0.3 is 15.7 Å². The van der Waals surface area contributed by atoms with Gasteiger partial charge in [0.25, 0.3) is 0 Å². The second-order valence-corrected chi connectivity index (χ2v) is 6.53. The Morgan fingerprint density at radius 3 is 2.50 bits per heavy atom. The van der Waals surface area contributed by atoms with Gasteiger partial charge in [0, 0.05) is 30.3 Å². The van der Waals surface area contributed by atoms with Gasteiger partial charge in [-0.3, -0.25) is 9.59 Å². The molecule has 114 valence electrons. The van der Waals surface area contributed by atoms with Gasteiger partial charge in [-0.25, -0.2) is 0 Å². The molecule has 0 spiro atoms. The van der Waals surface area contributed by atoms with Gasteiger partial charge in [-0.15, -0.1) is 0 Å². The van der Waals surface area contributed by atoms with Crippen molar-refractivity contribution < 1.29 is 14.7 Å². The lowest BCUT2D eigenvalue weighted by Crippen LogP contribution is -2.41. The van der Waals surface area contributed by atoms with E-state index in [-0.39, 0.29) is 35.8 Å². The number of carbonyl (C=O) groups excluding carboxylic acids is 2. The third-order valence-electron chi connectivity index (χ3n) is 4.56. The molecule has 0 aromatic carbocycles. The summed E-state index contributed by atoms with van der Waals surface area (Å²) in [4.78, 5) is 23.7. The van der Waals surface area contributed by atoms with E-state index in [0.717, 1.165) is 38.5 Å². The van der Waals surface area contributed by atoms with Crippen LogP contribution in [0.4, 0.5) is 0 Å². The zero-order valence-electron chi connectivity index (χ0n) is 12.3. The van der Waals surface area contributed by atoms with Crippen molar-refractivity contribution in [3.05, 3.63) is 0 Å². The van der Waals surface area contributed by atoms with Gasteiger partial charge in [-0.2, -0.15) is 0 Å². The zero-order chi connectivity index (χ0) is 14.6. The molecule has 0 aromatic rings. The van der Waals surface area contributed by atoms with E-state index in [0.29, 0.717) is 13.0 Å². The molecule has 0 heterocycles. The maximum absolute atomic E-state index is 11.9. The Hall–Kier alpha value is -1.10. The van der Waals surface area contributed by atoms with Crippen LogP contribution in [0.15, 0.2) is 0 Å². The van der Waals surface area contributed by atoms with E-state index in [4.69, 9.17) is 0 Å². The Balaban J connectivity index is 1.64. The van der Waals surface area contributed by atoms with Crippen molar-refractivity contribution in [2.75, 3.05) is 13.2 Å². The van der Waals surface area contributed by atoms with E-state index < -0.39 is 0 Å². The minimum Gasteiger partial charge on any atom is -0.396 e. The highest BCUT2D eigenvalue weighted by Gasteiger charge is 2.42. The lowest BCUT2D eigenvalue weighted by molar-refractivity contribution is -0.126. The Bertz CT molecular complexity index is 360. The molecule has 2 aliphatic rings. The molecular formula is C15H26N2O3. The van der Waals surface area contributed by atoms with Crippen LogP contribution in [0.25, 0.3) is 0 Å². The molecule has 2 aliphatic carbocycles. The van der Waals surface area contributed by atoms with E-state index >= 15 is 0 Å². The predicted octanol–water partition coefficient (Wildman–Crippen LogP) is 0.960. The van der Waals surface area contributed by atoms with Gasteiger partial charge in [-0.05, 0) is 32.6 Å². The Morgan fingerprint density at radius 1 is 1.30 bits per heavy atom. The number of rotatable bonds is 7. The fraction of sp³-hybridized carbons (Fsp3) is 0.867. The third kappa shape index (κ3) is 4.20. The standard InChI is InChI=1S/C15H26N2O3/c1-11(17-14(20)12-4-2-3-5-12)8-13(19)16-9-15(10-18)6-7-15/h11-12,18H,2-10H2,1H3,(H,16,19)(H,17,20). The highest BCUT2D eigenvalue weighted by molar-refractivity contribution is 5.81. The first-order valence-corrected chi connectivity index (χ1v) is 7.73. The Labute approximate surface area is 120 Å². The molecule has 2 fully saturated rings. The van der Waals surface area contributed by atoms with Crippen molar-refractivity contribution in [2.45, 2.75) is 57.9 Å². The summed E-state index contributed by atoms with van der Waals surface area (Å²) in [5.41, 5.74) is -0.0635. The van der Waals surface area contributed by atoms with Crippen LogP contribution in [0.1, 0.15) is 51.9 Å². The molecule has 20 heavy (non-hydrogen) atoms. The molecule has 0 radical (unpaired) electrons. The normalized spacial score (nSPS) is 22.3. The second kappa shape index (κ2) is 6.57. The van der Waals surface area contributed by atoms with E-state index in [1.165, 1.54) is 0 Å². The van der Waals surface area contributed by atoms with Crippen molar-refractivity contribution in [3.8, 4) is 0 Å². The van der Waals surface area contributed by atoms with Gasteiger partial charge in [0.15, 0.2) is 0 Å². The SMILES string of the molecule is CC(CC(=O)NCC1(CO)CC1)NC(=O)C1CCCC1. The summed E-state index contributed by atoms with van der Waals surface area (Å²) < 4.78 is 0. The van der Waals surface area contributed by atoms with Crippen LogP contribution in [-0.4, -0.2) is 36.1 Å². The number of aliphatic hydroxyl groups excluding tert-OH is 1. The summed E-state index contributed by atoms with van der Waals surface area (Å²) in [7, 11) is 0. The van der Waals surface area contributed by atoms with Crippen LogP contribution >= 0.6 is 0 Å². The van der Waals surface area contributed by atoms with Crippen LogP contribution in [-0.2, 0) is 9.59 Å². The predicted molar refractivity (Wildman–Crippen MR) is 75.9 cm³/mol. The molecule has 5 nitrogen and oxygen atoms in total. The van der Waals surface area contributed by atoms with Gasteiger partial charge in [0.2, 0.25) is 11.8 Å². The second-order valence-electron chi connectivity index (χ2n) is 6.53. The Morgan fingerprint density at radius 2 is 1.95 bits per heavy atom. The van der Waals surface area contributed by atoms with Gasteiger partial charge in [0.05, 0.1) is 6.61 Å². The maximum atomic E-state index is 11.9. The van der Waals surface area contributed by atoms with Crippen LogP contribution < -0.4 is 10.6 Å². The molecule has 5 heteroatoms. The first-order valence-electron chi connectivity index (χ1n) is 7.73. The summed E-state index contributed by atoms with van der Waals surface area (Å²) in [6.07, 6.45) is 6.50.